The average Bonchev–Trinajstić information content (AvgIpc) is 2.52. The predicted molar refractivity (Wildman–Crippen MR) is 48.4 cm³/mol. The Labute approximate surface area is 86.0 Å². The zero-order chi connectivity index (χ0) is 11.0. The van der Waals surface area contributed by atoms with Crippen LogP contribution in [0.2, 0.25) is 0 Å². The van der Waals surface area contributed by atoms with Crippen LogP contribution in [0.25, 0.3) is 0 Å². The number of fused-ring (bicyclic) bond motifs is 2. The summed E-state index contributed by atoms with van der Waals surface area (Å²) in [5, 5.41) is 20.5. The van der Waals surface area contributed by atoms with Crippen molar-refractivity contribution in [2.24, 2.45) is 0 Å². The minimum Gasteiger partial charge on any atom is -0.465 e. The summed E-state index contributed by atoms with van der Waals surface area (Å²) in [6.07, 6.45) is 0.418. The normalized spacial score (nSPS) is 33.9. The van der Waals surface area contributed by atoms with Gasteiger partial charge in [-0.05, 0) is 12.8 Å². The monoisotopic (exact) mass is 215 g/mol. The molecule has 2 fully saturated rings. The number of carbonyl (C=O) groups excluding carboxylic acids is 1. The first-order valence-corrected chi connectivity index (χ1v) is 4.83. The third-order valence-corrected chi connectivity index (χ3v) is 3.12. The molecular weight excluding hydrogens is 202 g/mol. The van der Waals surface area contributed by atoms with Gasteiger partial charge >= 0.3 is 6.09 Å². The molecule has 84 valence electrons. The Hall–Kier alpha value is -1.34. The van der Waals surface area contributed by atoms with Crippen molar-refractivity contribution in [1.29, 1.82) is 0 Å². The molecule has 0 aromatic rings. The number of hydroxylamine groups is 1. The van der Waals surface area contributed by atoms with Crippen molar-refractivity contribution < 1.29 is 19.9 Å². The molecular formula is C8H13N3O4. The van der Waals surface area contributed by atoms with E-state index in [4.69, 9.17) is 10.3 Å². The second-order valence-electron chi connectivity index (χ2n) is 3.85. The van der Waals surface area contributed by atoms with Crippen LogP contribution < -0.4 is 10.8 Å². The minimum atomic E-state index is -1.00. The van der Waals surface area contributed by atoms with E-state index < -0.39 is 18.0 Å². The lowest BCUT2D eigenvalue weighted by Gasteiger charge is -2.37. The first kappa shape index (κ1) is 10.2. The molecule has 2 amide bonds. The van der Waals surface area contributed by atoms with Crippen LogP contribution >= 0.6 is 0 Å². The Morgan fingerprint density at radius 2 is 2.13 bits per heavy atom. The van der Waals surface area contributed by atoms with Crippen LogP contribution in [0.1, 0.15) is 12.8 Å². The summed E-state index contributed by atoms with van der Waals surface area (Å²) in [5.41, 5.74) is 1.56. The van der Waals surface area contributed by atoms with Gasteiger partial charge in [0, 0.05) is 12.6 Å². The van der Waals surface area contributed by atoms with E-state index in [9.17, 15) is 9.59 Å². The van der Waals surface area contributed by atoms with Gasteiger partial charge in [-0.3, -0.25) is 14.9 Å². The van der Waals surface area contributed by atoms with Crippen LogP contribution in [0, 0.1) is 0 Å². The van der Waals surface area contributed by atoms with Gasteiger partial charge in [0.05, 0.1) is 6.04 Å². The van der Waals surface area contributed by atoms with E-state index in [1.165, 1.54) is 4.90 Å². The summed E-state index contributed by atoms with van der Waals surface area (Å²) in [6.45, 7) is 0.459. The van der Waals surface area contributed by atoms with Crippen molar-refractivity contribution >= 4 is 12.0 Å². The second kappa shape index (κ2) is 3.67. The van der Waals surface area contributed by atoms with E-state index in [0.29, 0.717) is 13.0 Å². The summed E-state index contributed by atoms with van der Waals surface area (Å²) in [4.78, 5) is 23.6. The Balaban J connectivity index is 2.18. The topological polar surface area (TPSA) is 102 Å². The number of nitrogens with zero attached hydrogens (tertiary/aromatic N) is 1. The molecule has 2 rings (SSSR count). The molecule has 15 heavy (non-hydrogen) atoms. The van der Waals surface area contributed by atoms with Gasteiger partial charge in [0.15, 0.2) is 0 Å². The molecule has 0 aromatic heterocycles. The molecule has 2 aliphatic rings. The van der Waals surface area contributed by atoms with Crippen molar-refractivity contribution in [2.75, 3.05) is 6.54 Å². The number of carboxylic acid groups (broad SMARTS) is 1. The fourth-order valence-electron chi connectivity index (χ4n) is 2.47. The van der Waals surface area contributed by atoms with Crippen molar-refractivity contribution in [1.82, 2.24) is 15.7 Å². The van der Waals surface area contributed by atoms with E-state index in [1.54, 1.807) is 5.48 Å². The maximum atomic E-state index is 11.3. The Bertz CT molecular complexity index is 296. The lowest BCUT2D eigenvalue weighted by atomic mass is 10.1. The highest BCUT2D eigenvalue weighted by Gasteiger charge is 2.47. The van der Waals surface area contributed by atoms with Gasteiger partial charge < -0.3 is 10.4 Å². The number of hydrogen-bond acceptors (Lipinski definition) is 4. The van der Waals surface area contributed by atoms with Crippen molar-refractivity contribution in [2.45, 2.75) is 31.0 Å². The number of carbonyl (C=O) groups is 2. The van der Waals surface area contributed by atoms with Gasteiger partial charge in [0.25, 0.3) is 5.91 Å². The molecule has 3 unspecified atom stereocenters. The minimum absolute atomic E-state index is 0.0461. The number of hydrogen-bond donors (Lipinski definition) is 4. The molecule has 2 bridgehead atoms. The van der Waals surface area contributed by atoms with Crippen molar-refractivity contribution in [3.05, 3.63) is 0 Å². The fourth-order valence-corrected chi connectivity index (χ4v) is 2.47. The van der Waals surface area contributed by atoms with Gasteiger partial charge in [0.2, 0.25) is 0 Å². The third-order valence-electron chi connectivity index (χ3n) is 3.12. The molecule has 7 heteroatoms. The first-order chi connectivity index (χ1) is 7.15. The van der Waals surface area contributed by atoms with Gasteiger partial charge in [-0.1, -0.05) is 0 Å². The Morgan fingerprint density at radius 3 is 2.73 bits per heavy atom. The Morgan fingerprint density at radius 1 is 1.40 bits per heavy atom. The van der Waals surface area contributed by atoms with Gasteiger partial charge in [0.1, 0.15) is 6.04 Å². The highest BCUT2D eigenvalue weighted by molar-refractivity contribution is 5.83. The summed E-state index contributed by atoms with van der Waals surface area (Å²) in [5.74, 6) is -0.577. The maximum absolute atomic E-state index is 11.3. The molecule has 2 heterocycles. The second-order valence-corrected chi connectivity index (χ2v) is 3.85. The summed E-state index contributed by atoms with van der Waals surface area (Å²) >= 11 is 0. The van der Waals surface area contributed by atoms with Gasteiger partial charge in [-0.15, -0.1) is 0 Å². The van der Waals surface area contributed by atoms with Crippen LogP contribution in [0.3, 0.4) is 0 Å². The van der Waals surface area contributed by atoms with E-state index in [2.05, 4.69) is 5.32 Å². The van der Waals surface area contributed by atoms with Crippen LogP contribution in [0.5, 0.6) is 0 Å². The van der Waals surface area contributed by atoms with E-state index >= 15 is 0 Å². The first-order valence-electron chi connectivity index (χ1n) is 4.83. The SMILES string of the molecule is O=C(NO)C1NCC2CCC1N2C(=O)O. The van der Waals surface area contributed by atoms with E-state index in [0.717, 1.165) is 6.42 Å². The zero-order valence-electron chi connectivity index (χ0n) is 8.01. The van der Waals surface area contributed by atoms with Gasteiger partial charge in [-0.2, -0.15) is 0 Å². The molecule has 0 spiro atoms. The maximum Gasteiger partial charge on any atom is 0.407 e. The van der Waals surface area contributed by atoms with Crippen LogP contribution in [-0.4, -0.2) is 51.9 Å². The highest BCUT2D eigenvalue weighted by Crippen LogP contribution is 2.29. The molecule has 4 N–H and O–H groups in total. The largest absolute Gasteiger partial charge is 0.465 e. The molecule has 0 aliphatic carbocycles. The fraction of sp³-hybridized carbons (Fsp3) is 0.750. The number of rotatable bonds is 1. The third kappa shape index (κ3) is 1.53. The van der Waals surface area contributed by atoms with E-state index in [1.807, 2.05) is 0 Å². The Kier molecular flexibility index (Phi) is 2.49. The van der Waals surface area contributed by atoms with Crippen molar-refractivity contribution in [3.63, 3.8) is 0 Å². The summed E-state index contributed by atoms with van der Waals surface area (Å²) in [6, 6.07) is -1.06. The summed E-state index contributed by atoms with van der Waals surface area (Å²) in [7, 11) is 0. The van der Waals surface area contributed by atoms with Crippen LogP contribution in [-0.2, 0) is 4.79 Å². The number of nitrogens with one attached hydrogen (secondary N) is 2. The molecule has 0 aromatic carbocycles. The molecule has 0 saturated carbocycles. The number of piperazine rings is 1. The van der Waals surface area contributed by atoms with Gasteiger partial charge in [-0.25, -0.2) is 10.3 Å². The average molecular weight is 215 g/mol. The molecule has 0 radical (unpaired) electrons. The molecule has 3 atom stereocenters. The van der Waals surface area contributed by atoms with Crippen molar-refractivity contribution in [3.8, 4) is 0 Å². The standard InChI is InChI=1S/C8H13N3O4/c12-7(10-15)6-5-2-1-4(3-9-6)11(5)8(13)14/h4-6,9,15H,1-3H2,(H,10,12)(H,13,14). The predicted octanol–water partition coefficient (Wildman–Crippen LogP) is -1.03. The van der Waals surface area contributed by atoms with E-state index in [-0.39, 0.29) is 12.1 Å². The molecule has 2 aliphatic heterocycles. The highest BCUT2D eigenvalue weighted by atomic mass is 16.5. The quantitative estimate of drug-likeness (QED) is 0.331. The summed E-state index contributed by atoms with van der Waals surface area (Å²) < 4.78 is 0. The smallest absolute Gasteiger partial charge is 0.407 e. The molecule has 2 saturated heterocycles. The lowest BCUT2D eigenvalue weighted by molar-refractivity contribution is -0.133. The zero-order valence-corrected chi connectivity index (χ0v) is 8.01. The number of amides is 2. The molecule has 7 nitrogen and oxygen atoms in total. The van der Waals surface area contributed by atoms with Crippen LogP contribution in [0.15, 0.2) is 0 Å². The van der Waals surface area contributed by atoms with Crippen LogP contribution in [0.4, 0.5) is 4.79 Å². The lowest BCUT2D eigenvalue weighted by Crippen LogP contribution is -2.63.